The minimum absolute atomic E-state index is 0.0192. The van der Waals surface area contributed by atoms with Crippen LogP contribution in [0.2, 0.25) is 0 Å². The highest BCUT2D eigenvalue weighted by Gasteiger charge is 2.29. The summed E-state index contributed by atoms with van der Waals surface area (Å²) in [6, 6.07) is 0. The van der Waals surface area contributed by atoms with E-state index in [-0.39, 0.29) is 54.7 Å². The van der Waals surface area contributed by atoms with E-state index in [4.69, 9.17) is 0 Å². The SMILES string of the molecule is CCCC(=O)C(C)CC(=O)C(C)CC(=O)C(C)CC(=O)C(C)CC(=O)C(C)C(=O)OF. The average Bonchev–Trinajstić information content (AvgIpc) is 2.71. The lowest BCUT2D eigenvalue weighted by Crippen LogP contribution is -2.27. The van der Waals surface area contributed by atoms with Crippen LogP contribution in [0.5, 0.6) is 0 Å². The van der Waals surface area contributed by atoms with Crippen LogP contribution in [0, 0.1) is 29.6 Å². The maximum absolute atomic E-state index is 12.5. The molecule has 0 aliphatic heterocycles. The Balaban J connectivity index is 4.65. The summed E-state index contributed by atoms with van der Waals surface area (Å²) in [5, 5.41) is 0. The van der Waals surface area contributed by atoms with E-state index in [1.165, 1.54) is 13.8 Å². The van der Waals surface area contributed by atoms with Gasteiger partial charge in [0, 0.05) is 60.3 Å². The standard InChI is InChI=1S/C23H35FO7/c1-7-8-18(25)13(2)9-19(26)14(3)10-20(27)15(4)11-21(28)16(5)12-22(29)17(6)23(30)31-24/h13-17H,7-12H2,1-6H3. The maximum atomic E-state index is 12.5. The van der Waals surface area contributed by atoms with E-state index in [0.29, 0.717) is 6.42 Å². The zero-order valence-electron chi connectivity index (χ0n) is 19.4. The van der Waals surface area contributed by atoms with Gasteiger partial charge in [0.25, 0.3) is 0 Å². The van der Waals surface area contributed by atoms with Gasteiger partial charge >= 0.3 is 5.97 Å². The van der Waals surface area contributed by atoms with Crippen molar-refractivity contribution in [2.24, 2.45) is 29.6 Å². The Bertz CT molecular complexity index is 685. The largest absolute Gasteiger partial charge is 0.358 e. The van der Waals surface area contributed by atoms with Crippen molar-refractivity contribution in [3.8, 4) is 0 Å². The van der Waals surface area contributed by atoms with Crippen molar-refractivity contribution in [2.45, 2.75) is 80.1 Å². The second kappa shape index (κ2) is 13.9. The van der Waals surface area contributed by atoms with E-state index in [1.807, 2.05) is 6.92 Å². The summed E-state index contributed by atoms with van der Waals surface area (Å²) in [7, 11) is 0. The van der Waals surface area contributed by atoms with Crippen molar-refractivity contribution in [2.75, 3.05) is 0 Å². The third kappa shape index (κ3) is 10.1. The summed E-state index contributed by atoms with van der Waals surface area (Å²) in [5.41, 5.74) is 0. The predicted octanol–water partition coefficient (Wildman–Crippen LogP) is 3.80. The number of Topliss-reactive ketones (excluding diaryl/α,β-unsaturated/α-hetero) is 5. The highest BCUT2D eigenvalue weighted by atomic mass is 19.3. The molecule has 0 N–H and O–H groups in total. The van der Waals surface area contributed by atoms with Gasteiger partial charge in [-0.25, -0.2) is 4.79 Å². The molecule has 0 heterocycles. The fourth-order valence-corrected chi connectivity index (χ4v) is 3.13. The average molecular weight is 443 g/mol. The molecule has 5 unspecified atom stereocenters. The van der Waals surface area contributed by atoms with Gasteiger partial charge in [-0.05, 0) is 13.3 Å². The van der Waals surface area contributed by atoms with Gasteiger partial charge < -0.3 is 0 Å². The Morgan fingerprint density at radius 1 is 0.613 bits per heavy atom. The molecule has 0 amide bonds. The Morgan fingerprint density at radius 2 is 0.935 bits per heavy atom. The molecular weight excluding hydrogens is 407 g/mol. The second-order valence-corrected chi connectivity index (χ2v) is 8.62. The molecule has 8 heteroatoms. The maximum Gasteiger partial charge on any atom is 0.358 e. The predicted molar refractivity (Wildman–Crippen MR) is 111 cm³/mol. The zero-order chi connectivity index (χ0) is 24.3. The van der Waals surface area contributed by atoms with Crippen LogP contribution in [-0.4, -0.2) is 34.9 Å². The number of carbonyl (C=O) groups is 6. The summed E-state index contributed by atoms with van der Waals surface area (Å²) in [6.45, 7) is 9.53. The smallest absolute Gasteiger partial charge is 0.299 e. The zero-order valence-corrected chi connectivity index (χ0v) is 19.4. The van der Waals surface area contributed by atoms with Gasteiger partial charge in [0.2, 0.25) is 0 Å². The lowest BCUT2D eigenvalue weighted by Gasteiger charge is -2.17. The number of ketones is 5. The van der Waals surface area contributed by atoms with E-state index in [9.17, 15) is 33.3 Å². The first kappa shape index (κ1) is 28.8. The normalized spacial score (nSPS) is 15.8. The fourth-order valence-electron chi connectivity index (χ4n) is 3.13. The van der Waals surface area contributed by atoms with Crippen molar-refractivity contribution in [3.05, 3.63) is 0 Å². The van der Waals surface area contributed by atoms with Gasteiger partial charge in [-0.3, -0.25) is 28.9 Å². The summed E-state index contributed by atoms with van der Waals surface area (Å²) >= 11 is 0. The van der Waals surface area contributed by atoms with Crippen molar-refractivity contribution in [1.29, 1.82) is 0 Å². The van der Waals surface area contributed by atoms with Crippen molar-refractivity contribution in [3.63, 3.8) is 0 Å². The third-order valence-electron chi connectivity index (χ3n) is 5.64. The molecule has 0 aliphatic carbocycles. The highest BCUT2D eigenvalue weighted by Crippen LogP contribution is 2.20. The van der Waals surface area contributed by atoms with Gasteiger partial charge in [0.05, 0.1) is 0 Å². The lowest BCUT2D eigenvalue weighted by atomic mass is 9.85. The molecule has 0 saturated carbocycles. The number of halogens is 1. The number of rotatable bonds is 16. The van der Waals surface area contributed by atoms with E-state index >= 15 is 0 Å². The number of hydrogen-bond acceptors (Lipinski definition) is 7. The Hall–Kier alpha value is -2.25. The van der Waals surface area contributed by atoms with Gasteiger partial charge in [-0.1, -0.05) is 34.6 Å². The van der Waals surface area contributed by atoms with Gasteiger partial charge in [-0.15, -0.1) is 0 Å². The van der Waals surface area contributed by atoms with E-state index in [2.05, 4.69) is 4.94 Å². The van der Waals surface area contributed by atoms with Crippen LogP contribution in [-0.2, 0) is 33.7 Å². The molecular formula is C23H35FO7. The Kier molecular flexibility index (Phi) is 12.9. The molecule has 0 aliphatic rings. The van der Waals surface area contributed by atoms with Crippen LogP contribution in [0.15, 0.2) is 0 Å². The third-order valence-corrected chi connectivity index (χ3v) is 5.64. The molecule has 0 rings (SSSR count). The van der Waals surface area contributed by atoms with Crippen molar-refractivity contribution >= 4 is 34.9 Å². The Morgan fingerprint density at radius 3 is 1.26 bits per heavy atom. The van der Waals surface area contributed by atoms with Crippen molar-refractivity contribution < 1.29 is 38.2 Å². The first-order valence-electron chi connectivity index (χ1n) is 10.8. The molecule has 7 nitrogen and oxygen atoms in total. The highest BCUT2D eigenvalue weighted by molar-refractivity contribution is 6.00. The molecule has 0 spiro atoms. The lowest BCUT2D eigenvalue weighted by molar-refractivity contribution is -0.188. The summed E-state index contributed by atoms with van der Waals surface area (Å²) < 4.78 is 11.9. The first-order chi connectivity index (χ1) is 14.3. The van der Waals surface area contributed by atoms with E-state index in [0.717, 1.165) is 6.42 Å². The molecule has 0 aromatic carbocycles. The van der Waals surface area contributed by atoms with Crippen molar-refractivity contribution in [1.82, 2.24) is 0 Å². The van der Waals surface area contributed by atoms with Crippen LogP contribution in [0.25, 0.3) is 0 Å². The number of hydrogen-bond donors (Lipinski definition) is 0. The molecule has 0 aromatic rings. The minimum Gasteiger partial charge on any atom is -0.299 e. The molecule has 0 aromatic heterocycles. The molecule has 0 saturated heterocycles. The minimum atomic E-state index is -1.31. The molecule has 0 bridgehead atoms. The van der Waals surface area contributed by atoms with Gasteiger partial charge in [0.1, 0.15) is 34.8 Å². The summed E-state index contributed by atoms with van der Waals surface area (Å²) in [4.78, 5) is 75.1. The quantitative estimate of drug-likeness (QED) is 0.334. The van der Waals surface area contributed by atoms with Crippen LogP contribution < -0.4 is 0 Å². The molecule has 176 valence electrons. The number of carbonyl (C=O) groups excluding carboxylic acids is 6. The first-order valence-corrected chi connectivity index (χ1v) is 10.8. The van der Waals surface area contributed by atoms with Crippen LogP contribution in [0.4, 0.5) is 4.53 Å². The van der Waals surface area contributed by atoms with Crippen LogP contribution in [0.1, 0.15) is 80.1 Å². The van der Waals surface area contributed by atoms with E-state index < -0.39 is 35.4 Å². The second-order valence-electron chi connectivity index (χ2n) is 8.62. The van der Waals surface area contributed by atoms with Gasteiger partial charge in [-0.2, -0.15) is 0 Å². The molecule has 0 fully saturated rings. The summed E-state index contributed by atoms with van der Waals surface area (Å²) in [5.74, 6) is -6.21. The fraction of sp³-hybridized carbons (Fsp3) is 0.739. The molecule has 0 radical (unpaired) electrons. The Labute approximate surface area is 183 Å². The topological polar surface area (TPSA) is 112 Å². The monoisotopic (exact) mass is 442 g/mol. The molecule has 5 atom stereocenters. The summed E-state index contributed by atoms with van der Waals surface area (Å²) in [6.07, 6.45) is 0.874. The van der Waals surface area contributed by atoms with Crippen LogP contribution in [0.3, 0.4) is 0 Å². The van der Waals surface area contributed by atoms with Crippen LogP contribution >= 0.6 is 0 Å². The van der Waals surface area contributed by atoms with Gasteiger partial charge in [0.15, 0.2) is 0 Å². The van der Waals surface area contributed by atoms with E-state index in [1.54, 1.807) is 20.8 Å². The molecule has 31 heavy (non-hydrogen) atoms.